The summed E-state index contributed by atoms with van der Waals surface area (Å²) in [6, 6.07) is 17.7. The SMILES string of the molecule is CCC(N[C@H](C)c1cccc(Br)c1)c1cccc(Br)c1. The molecule has 0 saturated heterocycles. The maximum absolute atomic E-state index is 3.71. The molecule has 0 fully saturated rings. The molecule has 20 heavy (non-hydrogen) atoms. The standard InChI is InChI=1S/C17H19Br2N/c1-3-17(14-7-5-9-16(19)11-14)20-12(2)13-6-4-8-15(18)10-13/h4-12,17,20H,3H2,1-2H3/t12-,17?/m1/s1. The van der Waals surface area contributed by atoms with Crippen LogP contribution in [0.4, 0.5) is 0 Å². The molecular weight excluding hydrogens is 378 g/mol. The van der Waals surface area contributed by atoms with Gasteiger partial charge in [0.2, 0.25) is 0 Å². The second-order valence-corrected chi connectivity index (χ2v) is 6.79. The lowest BCUT2D eigenvalue weighted by molar-refractivity contribution is 0.456. The first-order valence-electron chi connectivity index (χ1n) is 6.87. The van der Waals surface area contributed by atoms with Gasteiger partial charge < -0.3 is 5.32 Å². The van der Waals surface area contributed by atoms with Crippen LogP contribution in [0.3, 0.4) is 0 Å². The number of nitrogens with one attached hydrogen (secondary N) is 1. The minimum Gasteiger partial charge on any atom is -0.303 e. The molecule has 1 N–H and O–H groups in total. The molecule has 0 aliphatic heterocycles. The van der Waals surface area contributed by atoms with Crippen LogP contribution in [0.1, 0.15) is 43.5 Å². The number of benzene rings is 2. The Morgan fingerprint density at radius 2 is 1.50 bits per heavy atom. The van der Waals surface area contributed by atoms with Crippen molar-refractivity contribution in [3.8, 4) is 0 Å². The Bertz CT molecular complexity index is 568. The van der Waals surface area contributed by atoms with Gasteiger partial charge in [-0.05, 0) is 48.7 Å². The van der Waals surface area contributed by atoms with Gasteiger partial charge in [0.15, 0.2) is 0 Å². The van der Waals surface area contributed by atoms with E-state index in [1.165, 1.54) is 11.1 Å². The highest BCUT2D eigenvalue weighted by atomic mass is 79.9. The van der Waals surface area contributed by atoms with Crippen LogP contribution < -0.4 is 5.32 Å². The third kappa shape index (κ3) is 4.18. The highest BCUT2D eigenvalue weighted by molar-refractivity contribution is 9.10. The van der Waals surface area contributed by atoms with Crippen molar-refractivity contribution in [3.63, 3.8) is 0 Å². The van der Waals surface area contributed by atoms with Gasteiger partial charge in [-0.1, -0.05) is 63.0 Å². The first-order chi connectivity index (χ1) is 9.60. The molecule has 0 heterocycles. The van der Waals surface area contributed by atoms with Crippen molar-refractivity contribution in [1.29, 1.82) is 0 Å². The van der Waals surface area contributed by atoms with E-state index in [1.807, 2.05) is 0 Å². The van der Waals surface area contributed by atoms with Crippen molar-refractivity contribution in [2.75, 3.05) is 0 Å². The van der Waals surface area contributed by atoms with Crippen LogP contribution in [0, 0.1) is 0 Å². The minimum absolute atomic E-state index is 0.316. The molecule has 2 atom stereocenters. The number of hydrogen-bond donors (Lipinski definition) is 1. The lowest BCUT2D eigenvalue weighted by Crippen LogP contribution is -2.24. The van der Waals surface area contributed by atoms with E-state index in [1.54, 1.807) is 0 Å². The van der Waals surface area contributed by atoms with Crippen molar-refractivity contribution in [3.05, 3.63) is 68.6 Å². The predicted molar refractivity (Wildman–Crippen MR) is 92.9 cm³/mol. The average molecular weight is 397 g/mol. The molecule has 0 saturated carbocycles. The zero-order valence-corrected chi connectivity index (χ0v) is 14.9. The van der Waals surface area contributed by atoms with E-state index >= 15 is 0 Å². The number of hydrogen-bond acceptors (Lipinski definition) is 1. The summed E-state index contributed by atoms with van der Waals surface area (Å²) in [5.74, 6) is 0. The second kappa shape index (κ2) is 7.39. The Kier molecular flexibility index (Phi) is 5.82. The summed E-state index contributed by atoms with van der Waals surface area (Å²) in [5, 5.41) is 3.71. The highest BCUT2D eigenvalue weighted by Crippen LogP contribution is 2.25. The van der Waals surface area contributed by atoms with E-state index in [-0.39, 0.29) is 0 Å². The summed E-state index contributed by atoms with van der Waals surface area (Å²) in [5.41, 5.74) is 2.62. The molecule has 0 bridgehead atoms. The Hall–Kier alpha value is -0.640. The summed E-state index contributed by atoms with van der Waals surface area (Å²) in [6.45, 7) is 4.43. The molecule has 3 heteroatoms. The summed E-state index contributed by atoms with van der Waals surface area (Å²) >= 11 is 7.08. The maximum atomic E-state index is 3.71. The minimum atomic E-state index is 0.316. The van der Waals surface area contributed by atoms with Crippen LogP contribution >= 0.6 is 31.9 Å². The zero-order valence-electron chi connectivity index (χ0n) is 11.7. The summed E-state index contributed by atoms with van der Waals surface area (Å²) < 4.78 is 2.25. The third-order valence-corrected chi connectivity index (χ3v) is 4.45. The van der Waals surface area contributed by atoms with Gasteiger partial charge in [-0.15, -0.1) is 0 Å². The largest absolute Gasteiger partial charge is 0.303 e. The van der Waals surface area contributed by atoms with Gasteiger partial charge in [-0.3, -0.25) is 0 Å². The molecule has 0 amide bonds. The molecule has 0 aliphatic rings. The van der Waals surface area contributed by atoms with Gasteiger partial charge in [0.05, 0.1) is 0 Å². The van der Waals surface area contributed by atoms with Gasteiger partial charge in [-0.25, -0.2) is 0 Å². The van der Waals surface area contributed by atoms with E-state index in [0.717, 1.165) is 15.4 Å². The van der Waals surface area contributed by atoms with Crippen molar-refractivity contribution >= 4 is 31.9 Å². The Balaban J connectivity index is 2.14. The average Bonchev–Trinajstić information content (AvgIpc) is 2.44. The molecule has 106 valence electrons. The van der Waals surface area contributed by atoms with E-state index in [9.17, 15) is 0 Å². The van der Waals surface area contributed by atoms with Crippen LogP contribution in [-0.2, 0) is 0 Å². The lowest BCUT2D eigenvalue weighted by atomic mass is 10.0. The van der Waals surface area contributed by atoms with Crippen LogP contribution in [0.25, 0.3) is 0 Å². The summed E-state index contributed by atoms with van der Waals surface area (Å²) in [7, 11) is 0. The van der Waals surface area contributed by atoms with E-state index in [2.05, 4.69) is 99.6 Å². The fourth-order valence-corrected chi connectivity index (χ4v) is 3.18. The lowest BCUT2D eigenvalue weighted by Gasteiger charge is -2.23. The van der Waals surface area contributed by atoms with Gasteiger partial charge in [0.1, 0.15) is 0 Å². The quantitative estimate of drug-likeness (QED) is 0.651. The third-order valence-electron chi connectivity index (χ3n) is 3.46. The first kappa shape index (κ1) is 15.7. The monoisotopic (exact) mass is 395 g/mol. The molecule has 0 radical (unpaired) electrons. The van der Waals surface area contributed by atoms with Crippen molar-refractivity contribution in [1.82, 2.24) is 5.32 Å². The Morgan fingerprint density at radius 3 is 2.05 bits per heavy atom. The molecule has 0 aromatic heterocycles. The van der Waals surface area contributed by atoms with Gasteiger partial charge >= 0.3 is 0 Å². The summed E-state index contributed by atoms with van der Waals surface area (Å²) in [6.07, 6.45) is 1.06. The van der Waals surface area contributed by atoms with Crippen LogP contribution in [0.15, 0.2) is 57.5 Å². The maximum Gasteiger partial charge on any atom is 0.0323 e. The zero-order chi connectivity index (χ0) is 14.5. The predicted octanol–water partition coefficient (Wildman–Crippen LogP) is 6.01. The molecule has 1 nitrogen and oxygen atoms in total. The smallest absolute Gasteiger partial charge is 0.0323 e. The van der Waals surface area contributed by atoms with Crippen LogP contribution in [-0.4, -0.2) is 0 Å². The molecule has 0 aliphatic carbocycles. The van der Waals surface area contributed by atoms with Crippen molar-refractivity contribution < 1.29 is 0 Å². The Morgan fingerprint density at radius 1 is 0.950 bits per heavy atom. The number of halogens is 2. The molecule has 2 aromatic carbocycles. The first-order valence-corrected chi connectivity index (χ1v) is 8.45. The fraction of sp³-hybridized carbons (Fsp3) is 0.294. The topological polar surface area (TPSA) is 12.0 Å². The van der Waals surface area contributed by atoms with Gasteiger partial charge in [-0.2, -0.15) is 0 Å². The molecule has 1 unspecified atom stereocenters. The van der Waals surface area contributed by atoms with E-state index in [4.69, 9.17) is 0 Å². The van der Waals surface area contributed by atoms with E-state index < -0.39 is 0 Å². The molecule has 2 aromatic rings. The van der Waals surface area contributed by atoms with Gasteiger partial charge in [0.25, 0.3) is 0 Å². The van der Waals surface area contributed by atoms with Crippen LogP contribution in [0.5, 0.6) is 0 Å². The number of rotatable bonds is 5. The second-order valence-electron chi connectivity index (χ2n) is 4.96. The van der Waals surface area contributed by atoms with Crippen LogP contribution in [0.2, 0.25) is 0 Å². The normalized spacial score (nSPS) is 14.0. The fourth-order valence-electron chi connectivity index (χ4n) is 2.35. The van der Waals surface area contributed by atoms with E-state index in [0.29, 0.717) is 12.1 Å². The molecular formula is C17H19Br2N. The van der Waals surface area contributed by atoms with Crippen molar-refractivity contribution in [2.24, 2.45) is 0 Å². The molecule has 0 spiro atoms. The Labute approximate surface area is 138 Å². The molecule has 2 rings (SSSR count). The van der Waals surface area contributed by atoms with Gasteiger partial charge in [0, 0.05) is 21.0 Å². The highest BCUT2D eigenvalue weighted by Gasteiger charge is 2.14. The van der Waals surface area contributed by atoms with Crippen molar-refractivity contribution in [2.45, 2.75) is 32.4 Å². The summed E-state index contributed by atoms with van der Waals surface area (Å²) in [4.78, 5) is 0.